The van der Waals surface area contributed by atoms with Crippen LogP contribution in [0.1, 0.15) is 58.8 Å². The first-order valence-corrected chi connectivity index (χ1v) is 5.46. The summed E-state index contributed by atoms with van der Waals surface area (Å²) in [6.45, 7) is 4.55. The summed E-state index contributed by atoms with van der Waals surface area (Å²) in [5, 5.41) is 0. The van der Waals surface area contributed by atoms with Crippen molar-refractivity contribution >= 4 is 5.94 Å². The molecule has 0 aliphatic carbocycles. The van der Waals surface area contributed by atoms with Crippen LogP contribution in [0.2, 0.25) is 0 Å². The lowest BCUT2D eigenvalue weighted by Crippen LogP contribution is -1.86. The Morgan fingerprint density at radius 3 is 2.31 bits per heavy atom. The normalized spacial score (nSPS) is 10.1. The van der Waals surface area contributed by atoms with E-state index in [0.717, 1.165) is 18.8 Å². The number of allylic oxidation sites excluding steroid dienone is 1. The minimum absolute atomic E-state index is 0.845. The number of hydrogen-bond donors (Lipinski definition) is 0. The molecule has 0 heterocycles. The molecule has 0 fully saturated rings. The predicted octanol–water partition coefficient (Wildman–Crippen LogP) is 3.76. The molecule has 0 amide bonds. The smallest absolute Gasteiger partial charge is 0.120 e. The van der Waals surface area contributed by atoms with Gasteiger partial charge in [-0.3, -0.25) is 0 Å². The molecular formula is C12H22O. The third kappa shape index (κ3) is 11.5. The summed E-state index contributed by atoms with van der Waals surface area (Å²) >= 11 is 0. The highest BCUT2D eigenvalue weighted by Gasteiger charge is 1.93. The minimum atomic E-state index is 0.845. The lowest BCUT2D eigenvalue weighted by molar-refractivity contribution is 0.515. The molecule has 0 saturated carbocycles. The van der Waals surface area contributed by atoms with Gasteiger partial charge in [0.05, 0.1) is 0 Å². The molecule has 0 atom stereocenters. The standard InChI is InChI=1S/C12H22O/c1-12(2)10-8-6-4-3-5-7-9-11-13/h9,12H,3-8,10H2,1-2H3. The van der Waals surface area contributed by atoms with Crippen molar-refractivity contribution in [2.75, 3.05) is 0 Å². The van der Waals surface area contributed by atoms with E-state index in [9.17, 15) is 4.79 Å². The summed E-state index contributed by atoms with van der Waals surface area (Å²) < 4.78 is 0. The minimum Gasteiger partial charge on any atom is -0.234 e. The van der Waals surface area contributed by atoms with E-state index in [4.69, 9.17) is 0 Å². The molecule has 76 valence electrons. The van der Waals surface area contributed by atoms with Crippen molar-refractivity contribution in [3.63, 3.8) is 0 Å². The second-order valence-electron chi connectivity index (χ2n) is 4.06. The van der Waals surface area contributed by atoms with Gasteiger partial charge in [0.2, 0.25) is 0 Å². The topological polar surface area (TPSA) is 17.1 Å². The average molecular weight is 182 g/mol. The summed E-state index contributed by atoms with van der Waals surface area (Å²) in [5.41, 5.74) is 0. The van der Waals surface area contributed by atoms with Gasteiger partial charge in [-0.1, -0.05) is 46.0 Å². The maximum absolute atomic E-state index is 9.83. The lowest BCUT2D eigenvalue weighted by Gasteiger charge is -2.03. The average Bonchev–Trinajstić information content (AvgIpc) is 2.09. The highest BCUT2D eigenvalue weighted by Crippen LogP contribution is 2.11. The fourth-order valence-corrected chi connectivity index (χ4v) is 1.39. The molecule has 1 heteroatoms. The van der Waals surface area contributed by atoms with Gasteiger partial charge in [0.15, 0.2) is 0 Å². The van der Waals surface area contributed by atoms with E-state index in [2.05, 4.69) is 13.8 Å². The quantitative estimate of drug-likeness (QED) is 0.412. The van der Waals surface area contributed by atoms with Crippen LogP contribution in [0.25, 0.3) is 0 Å². The van der Waals surface area contributed by atoms with Crippen LogP contribution in [0.5, 0.6) is 0 Å². The van der Waals surface area contributed by atoms with Gasteiger partial charge in [-0.05, 0) is 24.8 Å². The first-order valence-electron chi connectivity index (χ1n) is 5.46. The van der Waals surface area contributed by atoms with E-state index in [-0.39, 0.29) is 0 Å². The SMILES string of the molecule is CC(C)CCCCCCCC=C=O. The largest absolute Gasteiger partial charge is 0.234 e. The van der Waals surface area contributed by atoms with E-state index < -0.39 is 0 Å². The molecule has 13 heavy (non-hydrogen) atoms. The van der Waals surface area contributed by atoms with E-state index >= 15 is 0 Å². The first kappa shape index (κ1) is 12.4. The number of rotatable bonds is 8. The van der Waals surface area contributed by atoms with Crippen LogP contribution in [0.4, 0.5) is 0 Å². The Kier molecular flexibility index (Phi) is 9.13. The van der Waals surface area contributed by atoms with Gasteiger partial charge >= 0.3 is 0 Å². The summed E-state index contributed by atoms with van der Waals surface area (Å²) in [7, 11) is 0. The second-order valence-corrected chi connectivity index (χ2v) is 4.06. The van der Waals surface area contributed by atoms with Crippen molar-refractivity contribution in [2.45, 2.75) is 58.8 Å². The van der Waals surface area contributed by atoms with E-state index in [1.54, 1.807) is 6.08 Å². The Balaban J connectivity index is 2.95. The Bertz CT molecular complexity index is 143. The van der Waals surface area contributed by atoms with Gasteiger partial charge in [-0.2, -0.15) is 0 Å². The third-order valence-electron chi connectivity index (χ3n) is 2.21. The summed E-state index contributed by atoms with van der Waals surface area (Å²) in [5.74, 6) is 2.66. The summed E-state index contributed by atoms with van der Waals surface area (Å²) in [6, 6.07) is 0. The maximum Gasteiger partial charge on any atom is 0.120 e. The van der Waals surface area contributed by atoms with E-state index in [1.165, 1.54) is 32.1 Å². The maximum atomic E-state index is 9.83. The van der Waals surface area contributed by atoms with Crippen LogP contribution in [0.15, 0.2) is 6.08 Å². The predicted molar refractivity (Wildman–Crippen MR) is 57.4 cm³/mol. The Morgan fingerprint density at radius 1 is 1.08 bits per heavy atom. The van der Waals surface area contributed by atoms with Crippen molar-refractivity contribution in [3.8, 4) is 0 Å². The molecule has 0 aromatic rings. The van der Waals surface area contributed by atoms with Crippen LogP contribution in [0.3, 0.4) is 0 Å². The Hall–Kier alpha value is -0.550. The van der Waals surface area contributed by atoms with Crippen molar-refractivity contribution in [1.82, 2.24) is 0 Å². The van der Waals surface area contributed by atoms with Gasteiger partial charge in [0, 0.05) is 0 Å². The molecule has 0 unspecified atom stereocenters. The van der Waals surface area contributed by atoms with Gasteiger partial charge in [-0.15, -0.1) is 0 Å². The molecule has 0 rings (SSSR count). The molecule has 0 aromatic heterocycles. The second kappa shape index (κ2) is 9.54. The van der Waals surface area contributed by atoms with Crippen molar-refractivity contribution < 1.29 is 4.79 Å². The van der Waals surface area contributed by atoms with E-state index in [1.807, 2.05) is 5.94 Å². The highest BCUT2D eigenvalue weighted by molar-refractivity contribution is 5.44. The van der Waals surface area contributed by atoms with Crippen LogP contribution >= 0.6 is 0 Å². The highest BCUT2D eigenvalue weighted by atomic mass is 16.1. The molecule has 0 bridgehead atoms. The van der Waals surface area contributed by atoms with Crippen LogP contribution in [-0.2, 0) is 4.79 Å². The van der Waals surface area contributed by atoms with Gasteiger partial charge in [-0.25, -0.2) is 4.79 Å². The zero-order valence-electron chi connectivity index (χ0n) is 9.01. The zero-order valence-corrected chi connectivity index (χ0v) is 9.01. The van der Waals surface area contributed by atoms with Crippen LogP contribution in [-0.4, -0.2) is 5.94 Å². The third-order valence-corrected chi connectivity index (χ3v) is 2.21. The molecule has 0 spiro atoms. The molecule has 0 saturated heterocycles. The molecule has 0 aliphatic heterocycles. The van der Waals surface area contributed by atoms with Crippen LogP contribution < -0.4 is 0 Å². The molecular weight excluding hydrogens is 160 g/mol. The molecule has 0 aromatic carbocycles. The lowest BCUT2D eigenvalue weighted by atomic mass is 10.0. The molecule has 0 radical (unpaired) electrons. The Labute approximate surface area is 82.2 Å². The molecule has 1 nitrogen and oxygen atoms in total. The summed E-state index contributed by atoms with van der Waals surface area (Å²) in [6.07, 6.45) is 10.3. The van der Waals surface area contributed by atoms with Crippen LogP contribution in [0, 0.1) is 5.92 Å². The van der Waals surface area contributed by atoms with Gasteiger partial charge in [0.25, 0.3) is 0 Å². The number of carbonyl (C=O) groups excluding carboxylic acids is 1. The van der Waals surface area contributed by atoms with Crippen molar-refractivity contribution in [3.05, 3.63) is 6.08 Å². The molecule has 0 N–H and O–H groups in total. The zero-order chi connectivity index (χ0) is 9.94. The van der Waals surface area contributed by atoms with Gasteiger partial charge < -0.3 is 0 Å². The molecule has 0 aliphatic rings. The monoisotopic (exact) mass is 182 g/mol. The van der Waals surface area contributed by atoms with Crippen molar-refractivity contribution in [1.29, 1.82) is 0 Å². The Morgan fingerprint density at radius 2 is 1.69 bits per heavy atom. The fraction of sp³-hybridized carbons (Fsp3) is 0.833. The van der Waals surface area contributed by atoms with Crippen molar-refractivity contribution in [2.24, 2.45) is 5.92 Å². The summed E-state index contributed by atoms with van der Waals surface area (Å²) in [4.78, 5) is 9.83. The first-order chi connectivity index (χ1) is 6.27. The van der Waals surface area contributed by atoms with E-state index in [0.29, 0.717) is 0 Å². The number of unbranched alkanes of at least 4 members (excludes halogenated alkanes) is 5. The van der Waals surface area contributed by atoms with Gasteiger partial charge in [0.1, 0.15) is 5.94 Å². The fourth-order valence-electron chi connectivity index (χ4n) is 1.39. The number of hydrogen-bond acceptors (Lipinski definition) is 1.